The first-order valence-corrected chi connectivity index (χ1v) is 9.08. The van der Waals surface area contributed by atoms with Gasteiger partial charge in [0.2, 0.25) is 0 Å². The van der Waals surface area contributed by atoms with Gasteiger partial charge in [-0.15, -0.1) is 0 Å². The first kappa shape index (κ1) is 17.6. The van der Waals surface area contributed by atoms with E-state index in [9.17, 15) is 8.42 Å². The van der Waals surface area contributed by atoms with E-state index in [-0.39, 0.29) is 10.8 Å². The van der Waals surface area contributed by atoms with Crippen molar-refractivity contribution in [3.8, 4) is 5.75 Å². The van der Waals surface area contributed by atoms with Crippen LogP contribution in [0, 0.1) is 6.92 Å². The first-order valence-electron chi connectivity index (χ1n) is 7.22. The van der Waals surface area contributed by atoms with Crippen LogP contribution in [0.5, 0.6) is 5.75 Å². The van der Waals surface area contributed by atoms with Gasteiger partial charge in [0.25, 0.3) is 10.0 Å². The lowest BCUT2D eigenvalue weighted by atomic mass is 10.0. The van der Waals surface area contributed by atoms with Gasteiger partial charge in [-0.05, 0) is 48.2 Å². The van der Waals surface area contributed by atoms with E-state index in [4.69, 9.17) is 16.3 Å². The summed E-state index contributed by atoms with van der Waals surface area (Å²) in [7, 11) is -2.16. The molecule has 0 heterocycles. The van der Waals surface area contributed by atoms with Gasteiger partial charge in [0, 0.05) is 0 Å². The molecule has 0 amide bonds. The Morgan fingerprint density at radius 2 is 1.83 bits per heavy atom. The standard InChI is InChI=1S/C17H20ClNO3S/c1-11(2)13-10-17(12(3)9-16(13)22-4)23(20,21)19-15-8-6-5-7-14(15)18/h5-11,19H,1-4H3. The highest BCUT2D eigenvalue weighted by atomic mass is 35.5. The normalized spacial score (nSPS) is 11.6. The third-order valence-electron chi connectivity index (χ3n) is 3.56. The Labute approximate surface area is 142 Å². The number of methoxy groups -OCH3 is 1. The molecule has 2 aromatic rings. The van der Waals surface area contributed by atoms with Crippen molar-refractivity contribution < 1.29 is 13.2 Å². The number of para-hydroxylation sites is 1. The number of nitrogens with one attached hydrogen (secondary N) is 1. The molecule has 1 N–H and O–H groups in total. The summed E-state index contributed by atoms with van der Waals surface area (Å²) in [5.41, 5.74) is 1.82. The molecule has 6 heteroatoms. The quantitative estimate of drug-likeness (QED) is 0.855. The number of hydrogen-bond acceptors (Lipinski definition) is 3. The SMILES string of the molecule is COc1cc(C)c(S(=O)(=O)Nc2ccccc2Cl)cc1C(C)C. The second-order valence-corrected chi connectivity index (χ2v) is 7.66. The summed E-state index contributed by atoms with van der Waals surface area (Å²) in [5.74, 6) is 0.828. The molecule has 2 rings (SSSR count). The molecule has 0 saturated heterocycles. The van der Waals surface area contributed by atoms with Crippen molar-refractivity contribution in [2.75, 3.05) is 11.8 Å². The summed E-state index contributed by atoms with van der Waals surface area (Å²) in [6.07, 6.45) is 0. The van der Waals surface area contributed by atoms with Crippen molar-refractivity contribution in [3.05, 3.63) is 52.5 Å². The highest BCUT2D eigenvalue weighted by Gasteiger charge is 2.21. The summed E-state index contributed by atoms with van der Waals surface area (Å²) < 4.78 is 33.4. The Morgan fingerprint density at radius 3 is 2.39 bits per heavy atom. The summed E-state index contributed by atoms with van der Waals surface area (Å²) in [5, 5.41) is 0.353. The molecule has 0 bridgehead atoms. The van der Waals surface area contributed by atoms with Crippen LogP contribution in [-0.4, -0.2) is 15.5 Å². The number of sulfonamides is 1. The third-order valence-corrected chi connectivity index (χ3v) is 5.39. The molecule has 0 aliphatic carbocycles. The Kier molecular flexibility index (Phi) is 5.22. The molecule has 0 spiro atoms. The molecule has 0 unspecified atom stereocenters. The van der Waals surface area contributed by atoms with Crippen molar-refractivity contribution in [1.82, 2.24) is 0 Å². The molecule has 0 aliphatic heterocycles. The van der Waals surface area contributed by atoms with E-state index in [0.717, 1.165) is 5.56 Å². The maximum Gasteiger partial charge on any atom is 0.262 e. The lowest BCUT2D eigenvalue weighted by molar-refractivity contribution is 0.406. The number of anilines is 1. The average Bonchev–Trinajstić information content (AvgIpc) is 2.48. The minimum Gasteiger partial charge on any atom is -0.496 e. The smallest absolute Gasteiger partial charge is 0.262 e. The Hall–Kier alpha value is -1.72. The second kappa shape index (κ2) is 6.81. The summed E-state index contributed by atoms with van der Waals surface area (Å²) in [6.45, 7) is 5.73. The monoisotopic (exact) mass is 353 g/mol. The van der Waals surface area contributed by atoms with E-state index >= 15 is 0 Å². The second-order valence-electron chi connectivity index (χ2n) is 5.60. The van der Waals surface area contributed by atoms with Crippen LogP contribution in [0.2, 0.25) is 5.02 Å². The van der Waals surface area contributed by atoms with Gasteiger partial charge in [-0.2, -0.15) is 0 Å². The fraction of sp³-hybridized carbons (Fsp3) is 0.294. The van der Waals surface area contributed by atoms with Crippen molar-refractivity contribution in [3.63, 3.8) is 0 Å². The zero-order valence-electron chi connectivity index (χ0n) is 13.6. The lowest BCUT2D eigenvalue weighted by Gasteiger charge is -2.17. The van der Waals surface area contributed by atoms with Gasteiger partial charge in [0.15, 0.2) is 0 Å². The lowest BCUT2D eigenvalue weighted by Crippen LogP contribution is -2.15. The van der Waals surface area contributed by atoms with Crippen LogP contribution in [0.15, 0.2) is 41.3 Å². The highest BCUT2D eigenvalue weighted by molar-refractivity contribution is 7.92. The summed E-state index contributed by atoms with van der Waals surface area (Å²) in [6, 6.07) is 10.1. The molecule has 124 valence electrons. The van der Waals surface area contributed by atoms with Gasteiger partial charge in [0.1, 0.15) is 5.75 Å². The molecule has 4 nitrogen and oxygen atoms in total. The van der Waals surface area contributed by atoms with Crippen LogP contribution >= 0.6 is 11.6 Å². The number of hydrogen-bond donors (Lipinski definition) is 1. The summed E-state index contributed by atoms with van der Waals surface area (Å²) in [4.78, 5) is 0.224. The molecule has 0 aliphatic rings. The van der Waals surface area contributed by atoms with Crippen LogP contribution in [0.4, 0.5) is 5.69 Å². The van der Waals surface area contributed by atoms with E-state index in [1.807, 2.05) is 13.8 Å². The van der Waals surface area contributed by atoms with E-state index in [2.05, 4.69) is 4.72 Å². The number of halogens is 1. The zero-order chi connectivity index (χ0) is 17.2. The Balaban J connectivity index is 2.52. The Bertz CT molecular complexity index is 817. The van der Waals surface area contributed by atoms with Crippen molar-refractivity contribution in [2.24, 2.45) is 0 Å². The minimum atomic E-state index is -3.74. The van der Waals surface area contributed by atoms with Crippen molar-refractivity contribution in [2.45, 2.75) is 31.6 Å². The van der Waals surface area contributed by atoms with Gasteiger partial charge in [0.05, 0.1) is 22.7 Å². The van der Waals surface area contributed by atoms with Gasteiger partial charge in [-0.25, -0.2) is 8.42 Å². The first-order chi connectivity index (χ1) is 10.8. The van der Waals surface area contributed by atoms with E-state index < -0.39 is 10.0 Å². The fourth-order valence-corrected chi connectivity index (χ4v) is 3.92. The van der Waals surface area contributed by atoms with Crippen LogP contribution < -0.4 is 9.46 Å². The predicted octanol–water partition coefficient (Wildman–Crippen LogP) is 4.58. The van der Waals surface area contributed by atoms with E-state index in [1.54, 1.807) is 50.4 Å². The molecule has 23 heavy (non-hydrogen) atoms. The Morgan fingerprint density at radius 1 is 1.17 bits per heavy atom. The molecule has 0 saturated carbocycles. The molecule has 0 atom stereocenters. The maximum absolute atomic E-state index is 12.7. The number of ether oxygens (including phenoxy) is 1. The van der Waals surface area contributed by atoms with Crippen LogP contribution in [-0.2, 0) is 10.0 Å². The average molecular weight is 354 g/mol. The highest BCUT2D eigenvalue weighted by Crippen LogP contribution is 2.33. The molecule has 0 fully saturated rings. The van der Waals surface area contributed by atoms with Gasteiger partial charge in [-0.1, -0.05) is 37.6 Å². The minimum absolute atomic E-state index is 0.139. The van der Waals surface area contributed by atoms with Crippen LogP contribution in [0.1, 0.15) is 30.9 Å². The topological polar surface area (TPSA) is 55.4 Å². The number of aryl methyl sites for hydroxylation is 1. The molecule has 2 aromatic carbocycles. The van der Waals surface area contributed by atoms with Crippen molar-refractivity contribution >= 4 is 27.3 Å². The zero-order valence-corrected chi connectivity index (χ0v) is 15.1. The van der Waals surface area contributed by atoms with Crippen molar-refractivity contribution in [1.29, 1.82) is 0 Å². The number of benzene rings is 2. The maximum atomic E-state index is 12.7. The molecular formula is C17H20ClNO3S. The van der Waals surface area contributed by atoms with E-state index in [1.165, 1.54) is 0 Å². The summed E-state index contributed by atoms with van der Waals surface area (Å²) >= 11 is 6.04. The predicted molar refractivity (Wildman–Crippen MR) is 94.1 cm³/mol. The van der Waals surface area contributed by atoms with Crippen LogP contribution in [0.25, 0.3) is 0 Å². The van der Waals surface area contributed by atoms with Crippen LogP contribution in [0.3, 0.4) is 0 Å². The van der Waals surface area contributed by atoms with Gasteiger partial charge in [-0.3, -0.25) is 4.72 Å². The van der Waals surface area contributed by atoms with Gasteiger partial charge >= 0.3 is 0 Å². The van der Waals surface area contributed by atoms with E-state index in [0.29, 0.717) is 22.0 Å². The third kappa shape index (κ3) is 3.79. The number of rotatable bonds is 5. The molecule has 0 aromatic heterocycles. The molecular weight excluding hydrogens is 334 g/mol. The molecule has 0 radical (unpaired) electrons. The fourth-order valence-electron chi connectivity index (χ4n) is 2.34. The largest absolute Gasteiger partial charge is 0.496 e. The van der Waals surface area contributed by atoms with Gasteiger partial charge < -0.3 is 4.74 Å².